The number of aliphatic hydroxyl groups excluding tert-OH is 1. The van der Waals surface area contributed by atoms with E-state index in [-0.39, 0.29) is 45.5 Å². The number of hydroxylamine groups is 1. The van der Waals surface area contributed by atoms with Crippen molar-refractivity contribution in [1.82, 2.24) is 10.8 Å². The molecule has 0 bridgehead atoms. The van der Waals surface area contributed by atoms with Crippen LogP contribution in [0.2, 0.25) is 0 Å². The molecule has 0 spiro atoms. The van der Waals surface area contributed by atoms with E-state index in [4.69, 9.17) is 24.5 Å². The zero-order valence-corrected chi connectivity index (χ0v) is 20.3. The van der Waals surface area contributed by atoms with E-state index in [1.165, 1.54) is 0 Å². The van der Waals surface area contributed by atoms with Crippen LogP contribution in [-0.2, 0) is 35.2 Å². The molecular formula is C24H32FN3O8. The largest absolute Gasteiger partial charge is 0.463 e. The number of benzene rings is 1. The zero-order chi connectivity index (χ0) is 26.6. The fourth-order valence-electron chi connectivity index (χ4n) is 3.50. The first-order valence-electron chi connectivity index (χ1n) is 11.5. The fraction of sp³-hybridized carbons (Fsp3) is 0.500. The molecule has 0 atom stereocenters. The zero-order valence-electron chi connectivity index (χ0n) is 20.3. The molecule has 4 N–H and O–H groups in total. The Hall–Kier alpha value is -3.67. The van der Waals surface area contributed by atoms with E-state index in [0.717, 1.165) is 11.6 Å². The van der Waals surface area contributed by atoms with Crippen molar-refractivity contribution in [2.45, 2.75) is 57.3 Å². The third-order valence-corrected chi connectivity index (χ3v) is 5.59. The number of hydrogen-bond acceptors (Lipinski definition) is 9. The molecule has 36 heavy (non-hydrogen) atoms. The number of amides is 1. The van der Waals surface area contributed by atoms with Gasteiger partial charge in [-0.1, -0.05) is 30.3 Å². The van der Waals surface area contributed by atoms with Gasteiger partial charge in [0.15, 0.2) is 5.84 Å². The summed E-state index contributed by atoms with van der Waals surface area (Å²) in [5, 5.41) is 20.5. The number of esters is 2. The molecule has 1 aliphatic carbocycles. The molecule has 198 valence electrons. The summed E-state index contributed by atoms with van der Waals surface area (Å²) in [7, 11) is 0. The van der Waals surface area contributed by atoms with Crippen molar-refractivity contribution in [3.05, 3.63) is 47.7 Å². The van der Waals surface area contributed by atoms with E-state index < -0.39 is 47.4 Å². The maximum atomic E-state index is 14.7. The van der Waals surface area contributed by atoms with E-state index in [1.807, 2.05) is 6.07 Å². The van der Waals surface area contributed by atoms with Gasteiger partial charge in [0.05, 0.1) is 25.9 Å². The van der Waals surface area contributed by atoms with Gasteiger partial charge in [-0.05, 0) is 45.1 Å². The van der Waals surface area contributed by atoms with Gasteiger partial charge in [-0.25, -0.2) is 24.3 Å². The topological polar surface area (TPSA) is 156 Å². The summed E-state index contributed by atoms with van der Waals surface area (Å²) in [6, 6.07) is 8.94. The van der Waals surface area contributed by atoms with Crippen molar-refractivity contribution in [2.24, 2.45) is 0 Å². The molecule has 1 aromatic carbocycles. The third-order valence-electron chi connectivity index (χ3n) is 5.59. The van der Waals surface area contributed by atoms with Crippen LogP contribution in [0.1, 0.15) is 45.1 Å². The van der Waals surface area contributed by atoms with Gasteiger partial charge >= 0.3 is 18.0 Å². The van der Waals surface area contributed by atoms with Gasteiger partial charge in [-0.3, -0.25) is 5.41 Å². The summed E-state index contributed by atoms with van der Waals surface area (Å²) in [6.45, 7) is 2.47. The van der Waals surface area contributed by atoms with Crippen LogP contribution in [-0.4, -0.2) is 60.0 Å². The molecule has 1 saturated carbocycles. The van der Waals surface area contributed by atoms with Crippen molar-refractivity contribution in [3.8, 4) is 0 Å². The minimum atomic E-state index is -1.86. The maximum Gasteiger partial charge on any atom is 0.408 e. The van der Waals surface area contributed by atoms with E-state index in [2.05, 4.69) is 10.8 Å². The van der Waals surface area contributed by atoms with Crippen LogP contribution in [0.15, 0.2) is 42.2 Å². The molecule has 0 unspecified atom stereocenters. The Morgan fingerprint density at radius 3 is 2.28 bits per heavy atom. The minimum Gasteiger partial charge on any atom is -0.463 e. The second kappa shape index (κ2) is 13.4. The molecule has 0 aliphatic heterocycles. The van der Waals surface area contributed by atoms with Crippen LogP contribution >= 0.6 is 0 Å². The standard InChI is InChI=1S/C24H32FN3O8/c1-3-33-19(30)14-18(20(31)34-4-2)36-28-21(26)24(12-10-23(25,16-29)11-13-24)27-22(32)35-15-17-8-6-5-7-9-17/h5-9,14,29H,3-4,10-13,15-16H2,1-2H3,(H2,26,28)(H,27,32). The lowest BCUT2D eigenvalue weighted by Crippen LogP contribution is -2.61. The lowest BCUT2D eigenvalue weighted by atomic mass is 9.74. The van der Waals surface area contributed by atoms with Crippen LogP contribution in [0.25, 0.3) is 0 Å². The van der Waals surface area contributed by atoms with Crippen LogP contribution in [0.4, 0.5) is 9.18 Å². The summed E-state index contributed by atoms with van der Waals surface area (Å²) < 4.78 is 29.6. The summed E-state index contributed by atoms with van der Waals surface area (Å²) in [5.74, 6) is -2.85. The maximum absolute atomic E-state index is 14.7. The number of hydrogen-bond donors (Lipinski definition) is 4. The molecule has 1 aliphatic rings. The lowest BCUT2D eigenvalue weighted by molar-refractivity contribution is -0.145. The number of ether oxygens (including phenoxy) is 3. The molecule has 0 aromatic heterocycles. The smallest absolute Gasteiger partial charge is 0.408 e. The van der Waals surface area contributed by atoms with Crippen LogP contribution in [0, 0.1) is 5.41 Å². The van der Waals surface area contributed by atoms with Crippen LogP contribution in [0.3, 0.4) is 0 Å². The molecule has 12 heteroatoms. The highest BCUT2D eigenvalue weighted by Gasteiger charge is 2.47. The number of carbonyl (C=O) groups excluding carboxylic acids is 3. The van der Waals surface area contributed by atoms with Crippen molar-refractivity contribution >= 4 is 23.9 Å². The van der Waals surface area contributed by atoms with E-state index in [9.17, 15) is 23.9 Å². The second-order valence-corrected chi connectivity index (χ2v) is 8.14. The highest BCUT2D eigenvalue weighted by Crippen LogP contribution is 2.37. The number of alkyl carbamates (subject to hydrolysis) is 1. The Morgan fingerprint density at radius 1 is 1.06 bits per heavy atom. The molecule has 0 saturated heterocycles. The molecule has 1 amide bonds. The number of amidine groups is 1. The van der Waals surface area contributed by atoms with Gasteiger partial charge in [0, 0.05) is 0 Å². The molecule has 0 heterocycles. The second-order valence-electron chi connectivity index (χ2n) is 8.14. The van der Waals surface area contributed by atoms with Gasteiger partial charge in [0.2, 0.25) is 5.76 Å². The summed E-state index contributed by atoms with van der Waals surface area (Å²) in [4.78, 5) is 41.7. The van der Waals surface area contributed by atoms with Gasteiger partial charge < -0.3 is 29.5 Å². The van der Waals surface area contributed by atoms with Crippen molar-refractivity contribution in [2.75, 3.05) is 19.8 Å². The van der Waals surface area contributed by atoms with Gasteiger partial charge in [0.1, 0.15) is 17.8 Å². The van der Waals surface area contributed by atoms with Gasteiger partial charge in [-0.2, -0.15) is 0 Å². The van der Waals surface area contributed by atoms with Crippen LogP contribution < -0.4 is 10.8 Å². The SMILES string of the molecule is CCOC(=O)C=C(ONC(=N)C1(NC(=O)OCc2ccccc2)CCC(F)(CO)CC1)C(=O)OCC. The third kappa shape index (κ3) is 8.22. The lowest BCUT2D eigenvalue weighted by Gasteiger charge is -2.42. The van der Waals surface area contributed by atoms with Crippen molar-refractivity contribution in [1.29, 1.82) is 5.41 Å². The predicted octanol–water partition coefficient (Wildman–Crippen LogP) is 2.43. The number of alkyl halides is 1. The van der Waals surface area contributed by atoms with Crippen LogP contribution in [0.5, 0.6) is 0 Å². The Labute approximate surface area is 208 Å². The van der Waals surface area contributed by atoms with E-state index in [1.54, 1.807) is 38.1 Å². The normalized spacial score (nSPS) is 21.6. The number of carbonyl (C=O) groups is 3. The monoisotopic (exact) mass is 509 g/mol. The van der Waals surface area contributed by atoms with Crippen molar-refractivity contribution in [3.63, 3.8) is 0 Å². The Balaban J connectivity index is 2.15. The summed E-state index contributed by atoms with van der Waals surface area (Å²) >= 11 is 0. The minimum absolute atomic E-state index is 0.00169. The first-order valence-corrected chi connectivity index (χ1v) is 11.5. The molecule has 11 nitrogen and oxygen atoms in total. The molecule has 2 rings (SSSR count). The summed E-state index contributed by atoms with van der Waals surface area (Å²) in [6.07, 6.45) is -0.555. The van der Waals surface area contributed by atoms with E-state index >= 15 is 0 Å². The van der Waals surface area contributed by atoms with E-state index in [0.29, 0.717) is 0 Å². The molecule has 0 radical (unpaired) electrons. The Kier molecular flexibility index (Phi) is 10.7. The summed E-state index contributed by atoms with van der Waals surface area (Å²) in [5.41, 5.74) is -0.318. The van der Waals surface area contributed by atoms with Crippen molar-refractivity contribution < 1.29 is 42.9 Å². The number of rotatable bonds is 11. The Bertz CT molecular complexity index is 946. The molecule has 1 fully saturated rings. The molecule has 1 aromatic rings. The number of nitrogens with one attached hydrogen (secondary N) is 3. The predicted molar refractivity (Wildman–Crippen MR) is 125 cm³/mol. The fourth-order valence-corrected chi connectivity index (χ4v) is 3.50. The van der Waals surface area contributed by atoms with Gasteiger partial charge in [-0.15, -0.1) is 0 Å². The molecular weight excluding hydrogens is 477 g/mol. The first kappa shape index (κ1) is 28.6. The first-order chi connectivity index (χ1) is 17.2. The number of aliphatic hydroxyl groups is 1. The van der Waals surface area contributed by atoms with Gasteiger partial charge in [0.25, 0.3) is 0 Å². The number of halogens is 1. The highest BCUT2D eigenvalue weighted by molar-refractivity contribution is 5.95. The quantitative estimate of drug-likeness (QED) is 0.0669. The Morgan fingerprint density at radius 2 is 1.69 bits per heavy atom. The average molecular weight is 510 g/mol. The highest BCUT2D eigenvalue weighted by atomic mass is 19.1. The average Bonchev–Trinajstić information content (AvgIpc) is 2.87.